The van der Waals surface area contributed by atoms with Gasteiger partial charge < -0.3 is 15.0 Å². The van der Waals surface area contributed by atoms with E-state index in [0.29, 0.717) is 0 Å². The summed E-state index contributed by atoms with van der Waals surface area (Å²) in [4.78, 5) is 10.5. The van der Waals surface area contributed by atoms with Crippen LogP contribution >= 0.6 is 0 Å². The molecular weight excluding hydrogens is 156 g/mol. The number of ether oxygens (including phenoxy) is 1. The highest BCUT2D eigenvalue weighted by atomic mass is 16.6. The van der Waals surface area contributed by atoms with Crippen molar-refractivity contribution in [1.82, 2.24) is 0 Å². The van der Waals surface area contributed by atoms with Crippen LogP contribution in [-0.4, -0.2) is 43.9 Å². The molecule has 0 radical (unpaired) electrons. The van der Waals surface area contributed by atoms with Crippen LogP contribution in [0.1, 0.15) is 13.8 Å². The third kappa shape index (κ3) is 5.97. The van der Waals surface area contributed by atoms with E-state index in [9.17, 15) is 4.79 Å². The Morgan fingerprint density at radius 2 is 1.83 bits per heavy atom. The minimum Gasteiger partial charge on any atom is -0.438 e. The van der Waals surface area contributed by atoms with Crippen LogP contribution in [0.2, 0.25) is 0 Å². The number of amides is 1. The number of hydrogen-bond donors (Lipinski definition) is 1. The molecule has 4 nitrogen and oxygen atoms in total. The number of rotatable bonds is 3. The van der Waals surface area contributed by atoms with E-state index in [1.165, 1.54) is 0 Å². The molecule has 1 amide bonds. The van der Waals surface area contributed by atoms with Gasteiger partial charge in [0.25, 0.3) is 0 Å². The Labute approximate surface area is 73.9 Å². The van der Waals surface area contributed by atoms with Gasteiger partial charge in [-0.15, -0.1) is 0 Å². The summed E-state index contributed by atoms with van der Waals surface area (Å²) in [5.41, 5.74) is 4.43. The van der Waals surface area contributed by atoms with E-state index in [1.807, 2.05) is 35.0 Å². The van der Waals surface area contributed by atoms with Crippen LogP contribution < -0.4 is 5.73 Å². The third-order valence-corrected chi connectivity index (χ3v) is 1.23. The lowest BCUT2D eigenvalue weighted by Gasteiger charge is -2.33. The monoisotopic (exact) mass is 175 g/mol. The quantitative estimate of drug-likeness (QED) is 0.637. The number of nitrogens with two attached hydrogens (primary N) is 1. The van der Waals surface area contributed by atoms with Crippen LogP contribution in [0.15, 0.2) is 0 Å². The van der Waals surface area contributed by atoms with Crippen LogP contribution in [-0.2, 0) is 4.74 Å². The Balaban J connectivity index is 4.13. The van der Waals surface area contributed by atoms with Crippen molar-refractivity contribution >= 4 is 6.09 Å². The van der Waals surface area contributed by atoms with Gasteiger partial charge in [0.15, 0.2) is 5.60 Å². The van der Waals surface area contributed by atoms with Gasteiger partial charge in [-0.2, -0.15) is 0 Å². The number of nitrogens with zero attached hydrogens (tertiary/aromatic N) is 1. The van der Waals surface area contributed by atoms with E-state index in [0.717, 1.165) is 11.0 Å². The molecule has 0 bridgehead atoms. The maximum atomic E-state index is 10.5. The Morgan fingerprint density at radius 3 is 2.08 bits per heavy atom. The zero-order valence-corrected chi connectivity index (χ0v) is 8.55. The minimum atomic E-state index is -0.714. The summed E-state index contributed by atoms with van der Waals surface area (Å²) in [6.07, 6.45) is -0.714. The van der Waals surface area contributed by atoms with Crippen LogP contribution in [0.25, 0.3) is 0 Å². The summed E-state index contributed by atoms with van der Waals surface area (Å²) in [5, 5.41) is 0. The van der Waals surface area contributed by atoms with Gasteiger partial charge in [0.2, 0.25) is 0 Å². The SMILES string of the molecule is CC(C)(C[N+](C)(C)C)OC(N)=O. The first kappa shape index (κ1) is 11.2. The molecule has 0 aliphatic rings. The smallest absolute Gasteiger partial charge is 0.405 e. The van der Waals surface area contributed by atoms with Crippen LogP contribution in [0.5, 0.6) is 0 Å². The third-order valence-electron chi connectivity index (χ3n) is 1.23. The molecule has 0 aliphatic heterocycles. The van der Waals surface area contributed by atoms with Crippen molar-refractivity contribution in [3.8, 4) is 0 Å². The summed E-state index contributed by atoms with van der Waals surface area (Å²) >= 11 is 0. The summed E-state index contributed by atoms with van der Waals surface area (Å²) in [7, 11) is 6.10. The second-order valence-corrected chi connectivity index (χ2v) is 4.63. The molecule has 4 heteroatoms. The summed E-state index contributed by atoms with van der Waals surface area (Å²) < 4.78 is 5.67. The average Bonchev–Trinajstić information content (AvgIpc) is 1.48. The molecule has 0 unspecified atom stereocenters. The Hall–Kier alpha value is -0.770. The van der Waals surface area contributed by atoms with E-state index in [4.69, 9.17) is 10.5 Å². The highest BCUT2D eigenvalue weighted by Crippen LogP contribution is 2.12. The number of likely N-dealkylation sites (N-methyl/N-ethyl adjacent to an activating group) is 1. The van der Waals surface area contributed by atoms with Crippen molar-refractivity contribution in [3.05, 3.63) is 0 Å². The fourth-order valence-corrected chi connectivity index (χ4v) is 1.45. The second-order valence-electron chi connectivity index (χ2n) is 4.63. The summed E-state index contributed by atoms with van der Waals surface area (Å²) in [6, 6.07) is 0. The maximum absolute atomic E-state index is 10.5. The number of quaternary nitrogens is 1. The highest BCUT2D eigenvalue weighted by molar-refractivity contribution is 5.65. The van der Waals surface area contributed by atoms with Crippen molar-refractivity contribution in [2.45, 2.75) is 19.4 Å². The van der Waals surface area contributed by atoms with Gasteiger partial charge >= 0.3 is 6.09 Å². The Bertz CT molecular complexity index is 170. The molecule has 12 heavy (non-hydrogen) atoms. The number of carbonyl (C=O) groups excluding carboxylic acids is 1. The molecular formula is C8H19N2O2+. The first-order valence-electron chi connectivity index (χ1n) is 3.91. The van der Waals surface area contributed by atoms with Crippen molar-refractivity contribution in [2.24, 2.45) is 5.73 Å². The predicted molar refractivity (Wildman–Crippen MR) is 47.6 cm³/mol. The summed E-state index contributed by atoms with van der Waals surface area (Å²) in [5.74, 6) is 0. The van der Waals surface area contributed by atoms with Gasteiger partial charge in [-0.3, -0.25) is 0 Å². The van der Waals surface area contributed by atoms with Crippen molar-refractivity contribution in [1.29, 1.82) is 0 Å². The zero-order valence-electron chi connectivity index (χ0n) is 8.55. The van der Waals surface area contributed by atoms with Crippen molar-refractivity contribution in [2.75, 3.05) is 27.7 Å². The largest absolute Gasteiger partial charge is 0.438 e. The normalized spacial score (nSPS) is 12.8. The van der Waals surface area contributed by atoms with Crippen molar-refractivity contribution in [3.63, 3.8) is 0 Å². The fourth-order valence-electron chi connectivity index (χ4n) is 1.45. The molecule has 0 saturated carbocycles. The van der Waals surface area contributed by atoms with E-state index >= 15 is 0 Å². The second kappa shape index (κ2) is 3.31. The molecule has 0 atom stereocenters. The van der Waals surface area contributed by atoms with Crippen LogP contribution in [0, 0.1) is 0 Å². The zero-order chi connectivity index (χ0) is 9.99. The number of carbonyl (C=O) groups is 1. The summed E-state index contributed by atoms with van der Waals surface area (Å²) in [6.45, 7) is 4.43. The van der Waals surface area contributed by atoms with Gasteiger partial charge in [-0.1, -0.05) is 0 Å². The van der Waals surface area contributed by atoms with Gasteiger partial charge in [-0.05, 0) is 13.8 Å². The van der Waals surface area contributed by atoms with Gasteiger partial charge in [0.05, 0.1) is 21.1 Å². The lowest BCUT2D eigenvalue weighted by Crippen LogP contribution is -2.48. The fraction of sp³-hybridized carbons (Fsp3) is 0.875. The molecule has 0 aromatic carbocycles. The van der Waals surface area contributed by atoms with E-state index < -0.39 is 11.7 Å². The highest BCUT2D eigenvalue weighted by Gasteiger charge is 2.28. The minimum absolute atomic E-state index is 0.496. The molecule has 2 N–H and O–H groups in total. The number of hydrogen-bond acceptors (Lipinski definition) is 2. The maximum Gasteiger partial charge on any atom is 0.405 e. The van der Waals surface area contributed by atoms with Gasteiger partial charge in [0.1, 0.15) is 6.54 Å². The molecule has 0 rings (SSSR count). The van der Waals surface area contributed by atoms with E-state index in [-0.39, 0.29) is 0 Å². The lowest BCUT2D eigenvalue weighted by molar-refractivity contribution is -0.876. The lowest BCUT2D eigenvalue weighted by atomic mass is 10.1. The molecule has 0 heterocycles. The molecule has 0 aromatic rings. The molecule has 0 aromatic heterocycles. The first-order chi connectivity index (χ1) is 5.12. The van der Waals surface area contributed by atoms with Crippen molar-refractivity contribution < 1.29 is 14.0 Å². The van der Waals surface area contributed by atoms with Crippen LogP contribution in [0.3, 0.4) is 0 Å². The average molecular weight is 175 g/mol. The predicted octanol–water partition coefficient (Wildman–Crippen LogP) is 0.567. The molecule has 0 saturated heterocycles. The van der Waals surface area contributed by atoms with Gasteiger partial charge in [-0.25, -0.2) is 4.79 Å². The standard InChI is InChI=1S/C8H18N2O2/c1-8(2,12-7(9)11)6-10(3,4)5/h6H2,1-5H3,(H-,9,11)/p+1. The number of primary amides is 1. The molecule has 0 aliphatic carbocycles. The molecule has 72 valence electrons. The Kier molecular flexibility index (Phi) is 3.10. The topological polar surface area (TPSA) is 52.3 Å². The molecule has 0 fully saturated rings. The first-order valence-corrected chi connectivity index (χ1v) is 3.91. The van der Waals surface area contributed by atoms with E-state index in [2.05, 4.69) is 0 Å². The van der Waals surface area contributed by atoms with Gasteiger partial charge in [0, 0.05) is 0 Å². The molecule has 0 spiro atoms. The van der Waals surface area contributed by atoms with Crippen LogP contribution in [0.4, 0.5) is 4.79 Å². The van der Waals surface area contributed by atoms with E-state index in [1.54, 1.807) is 0 Å². The Morgan fingerprint density at radius 1 is 1.42 bits per heavy atom.